The first kappa shape index (κ1) is 15.9. The first-order chi connectivity index (χ1) is 11.7. The van der Waals surface area contributed by atoms with Gasteiger partial charge < -0.3 is 10.2 Å². The van der Waals surface area contributed by atoms with Gasteiger partial charge in [-0.1, -0.05) is 18.2 Å². The number of anilines is 1. The number of nitrogens with zero attached hydrogens (tertiary/aromatic N) is 2. The highest BCUT2D eigenvalue weighted by Crippen LogP contribution is 2.21. The minimum atomic E-state index is -0.167. The summed E-state index contributed by atoms with van der Waals surface area (Å²) in [5, 5.41) is 2.79. The first-order valence-corrected chi connectivity index (χ1v) is 7.98. The van der Waals surface area contributed by atoms with Crippen LogP contribution in [-0.4, -0.2) is 23.3 Å². The molecule has 1 aromatic carbocycles. The topological polar surface area (TPSA) is 62.3 Å². The summed E-state index contributed by atoms with van der Waals surface area (Å²) in [6.45, 7) is 1.18. The minimum absolute atomic E-state index is 0.167. The van der Waals surface area contributed by atoms with E-state index in [0.717, 1.165) is 29.9 Å². The van der Waals surface area contributed by atoms with Crippen LogP contribution in [0.5, 0.6) is 0 Å². The molecular weight excluding hydrogens is 302 g/mol. The standard InChI is InChI=1S/C19H19N3O2/c23-18(21-14-16-4-1-2-12-20-16)11-8-15-6-9-17(10-7-15)22-13-3-5-19(22)24/h1-2,4,6-12H,3,5,13-14H2,(H,21,23)/b11-8+. The van der Waals surface area contributed by atoms with Gasteiger partial charge in [-0.15, -0.1) is 0 Å². The van der Waals surface area contributed by atoms with Crippen LogP contribution in [0, 0.1) is 0 Å². The van der Waals surface area contributed by atoms with E-state index in [2.05, 4.69) is 10.3 Å². The number of carbonyl (C=O) groups is 2. The Kier molecular flexibility index (Phi) is 5.01. The number of benzene rings is 1. The third-order valence-corrected chi connectivity index (χ3v) is 3.88. The van der Waals surface area contributed by atoms with Crippen molar-refractivity contribution in [2.45, 2.75) is 19.4 Å². The Balaban J connectivity index is 1.54. The highest BCUT2D eigenvalue weighted by molar-refractivity contribution is 5.95. The lowest BCUT2D eigenvalue weighted by atomic mass is 10.2. The van der Waals surface area contributed by atoms with E-state index in [4.69, 9.17) is 0 Å². The average molecular weight is 321 g/mol. The van der Waals surface area contributed by atoms with Crippen LogP contribution in [0.4, 0.5) is 5.69 Å². The zero-order valence-corrected chi connectivity index (χ0v) is 13.3. The highest BCUT2D eigenvalue weighted by Gasteiger charge is 2.21. The smallest absolute Gasteiger partial charge is 0.244 e. The SMILES string of the molecule is O=C(/C=C/c1ccc(N2CCCC2=O)cc1)NCc1ccccn1. The van der Waals surface area contributed by atoms with E-state index in [1.165, 1.54) is 6.08 Å². The van der Waals surface area contributed by atoms with Crippen molar-refractivity contribution in [2.24, 2.45) is 0 Å². The van der Waals surface area contributed by atoms with Crippen molar-refractivity contribution in [1.82, 2.24) is 10.3 Å². The average Bonchev–Trinajstić information content (AvgIpc) is 3.05. The molecule has 0 radical (unpaired) electrons. The first-order valence-electron chi connectivity index (χ1n) is 7.98. The fourth-order valence-electron chi connectivity index (χ4n) is 2.60. The summed E-state index contributed by atoms with van der Waals surface area (Å²) in [6, 6.07) is 13.2. The van der Waals surface area contributed by atoms with E-state index in [1.54, 1.807) is 17.2 Å². The second-order valence-electron chi connectivity index (χ2n) is 5.61. The summed E-state index contributed by atoms with van der Waals surface area (Å²) in [4.78, 5) is 29.5. The third-order valence-electron chi connectivity index (χ3n) is 3.88. The molecule has 0 bridgehead atoms. The lowest BCUT2D eigenvalue weighted by molar-refractivity contribution is -0.117. The van der Waals surface area contributed by atoms with Gasteiger partial charge in [0.05, 0.1) is 12.2 Å². The van der Waals surface area contributed by atoms with Crippen molar-refractivity contribution >= 4 is 23.6 Å². The number of hydrogen-bond acceptors (Lipinski definition) is 3. The molecule has 2 amide bonds. The normalized spacial score (nSPS) is 14.3. The molecule has 1 fully saturated rings. The van der Waals surface area contributed by atoms with Gasteiger partial charge in [-0.05, 0) is 42.3 Å². The van der Waals surface area contributed by atoms with E-state index in [-0.39, 0.29) is 11.8 Å². The molecule has 2 heterocycles. The number of rotatable bonds is 5. The monoisotopic (exact) mass is 321 g/mol. The van der Waals surface area contributed by atoms with Crippen LogP contribution < -0.4 is 10.2 Å². The summed E-state index contributed by atoms with van der Waals surface area (Å²) < 4.78 is 0. The molecule has 2 aromatic rings. The van der Waals surface area contributed by atoms with Crippen LogP contribution in [0.1, 0.15) is 24.1 Å². The van der Waals surface area contributed by atoms with Gasteiger partial charge >= 0.3 is 0 Å². The van der Waals surface area contributed by atoms with Gasteiger partial charge in [0.15, 0.2) is 0 Å². The molecule has 0 saturated carbocycles. The predicted molar refractivity (Wildman–Crippen MR) is 93.1 cm³/mol. The summed E-state index contributed by atoms with van der Waals surface area (Å²) in [7, 11) is 0. The Morgan fingerprint density at radius 3 is 2.71 bits per heavy atom. The summed E-state index contributed by atoms with van der Waals surface area (Å²) >= 11 is 0. The molecule has 0 unspecified atom stereocenters. The van der Waals surface area contributed by atoms with Crippen LogP contribution in [0.15, 0.2) is 54.7 Å². The quantitative estimate of drug-likeness (QED) is 0.861. The molecule has 0 spiro atoms. The second kappa shape index (κ2) is 7.55. The van der Waals surface area contributed by atoms with Crippen molar-refractivity contribution in [1.29, 1.82) is 0 Å². The molecular formula is C19H19N3O2. The molecule has 1 aliphatic heterocycles. The Hall–Kier alpha value is -2.95. The van der Waals surface area contributed by atoms with Gasteiger partial charge in [0.25, 0.3) is 0 Å². The predicted octanol–water partition coefficient (Wildman–Crippen LogP) is 2.54. The van der Waals surface area contributed by atoms with Gasteiger partial charge in [0.2, 0.25) is 11.8 Å². The lowest BCUT2D eigenvalue weighted by Crippen LogP contribution is -2.23. The molecule has 24 heavy (non-hydrogen) atoms. The van der Waals surface area contributed by atoms with E-state index in [1.807, 2.05) is 42.5 Å². The molecule has 0 aliphatic carbocycles. The van der Waals surface area contributed by atoms with Crippen molar-refractivity contribution in [3.05, 3.63) is 66.0 Å². The Morgan fingerprint density at radius 2 is 2.04 bits per heavy atom. The number of pyridine rings is 1. The minimum Gasteiger partial charge on any atom is -0.347 e. The van der Waals surface area contributed by atoms with Crippen LogP contribution in [0.3, 0.4) is 0 Å². The van der Waals surface area contributed by atoms with Crippen LogP contribution in [-0.2, 0) is 16.1 Å². The molecule has 5 nitrogen and oxygen atoms in total. The van der Waals surface area contributed by atoms with Gasteiger partial charge in [-0.25, -0.2) is 0 Å². The maximum Gasteiger partial charge on any atom is 0.244 e. The molecule has 1 N–H and O–H groups in total. The Bertz CT molecular complexity index is 739. The van der Waals surface area contributed by atoms with Crippen LogP contribution in [0.25, 0.3) is 6.08 Å². The molecule has 1 saturated heterocycles. The molecule has 1 aromatic heterocycles. The zero-order chi connectivity index (χ0) is 16.8. The van der Waals surface area contributed by atoms with Gasteiger partial charge in [-0.3, -0.25) is 14.6 Å². The van der Waals surface area contributed by atoms with Crippen LogP contribution >= 0.6 is 0 Å². The highest BCUT2D eigenvalue weighted by atomic mass is 16.2. The molecule has 0 atom stereocenters. The van der Waals surface area contributed by atoms with Crippen LogP contribution in [0.2, 0.25) is 0 Å². The fraction of sp³-hybridized carbons (Fsp3) is 0.211. The van der Waals surface area contributed by atoms with Crippen molar-refractivity contribution in [3.63, 3.8) is 0 Å². The summed E-state index contributed by atoms with van der Waals surface area (Å²) in [5.74, 6) is 0.00615. The van der Waals surface area contributed by atoms with Gasteiger partial charge in [0.1, 0.15) is 0 Å². The largest absolute Gasteiger partial charge is 0.347 e. The van der Waals surface area contributed by atoms with Crippen molar-refractivity contribution in [2.75, 3.05) is 11.4 Å². The zero-order valence-electron chi connectivity index (χ0n) is 13.3. The van der Waals surface area contributed by atoms with E-state index < -0.39 is 0 Å². The number of aromatic nitrogens is 1. The van der Waals surface area contributed by atoms with E-state index >= 15 is 0 Å². The van der Waals surface area contributed by atoms with Crippen molar-refractivity contribution < 1.29 is 9.59 Å². The van der Waals surface area contributed by atoms with Gasteiger partial charge in [0, 0.05) is 30.9 Å². The molecule has 3 rings (SSSR count). The van der Waals surface area contributed by atoms with E-state index in [9.17, 15) is 9.59 Å². The Labute approximate surface area is 141 Å². The number of nitrogens with one attached hydrogen (secondary N) is 1. The molecule has 122 valence electrons. The van der Waals surface area contributed by atoms with Gasteiger partial charge in [-0.2, -0.15) is 0 Å². The number of hydrogen-bond donors (Lipinski definition) is 1. The molecule has 1 aliphatic rings. The van der Waals surface area contributed by atoms with E-state index in [0.29, 0.717) is 13.0 Å². The summed E-state index contributed by atoms with van der Waals surface area (Å²) in [6.07, 6.45) is 6.49. The summed E-state index contributed by atoms with van der Waals surface area (Å²) in [5.41, 5.74) is 2.64. The Morgan fingerprint density at radius 1 is 1.21 bits per heavy atom. The maximum absolute atomic E-state index is 11.8. The van der Waals surface area contributed by atoms with Crippen molar-refractivity contribution in [3.8, 4) is 0 Å². The maximum atomic E-state index is 11.8. The number of amides is 2. The second-order valence-corrected chi connectivity index (χ2v) is 5.61. The third kappa shape index (κ3) is 4.07. The lowest BCUT2D eigenvalue weighted by Gasteiger charge is -2.15. The number of carbonyl (C=O) groups excluding carboxylic acids is 2. The fourth-order valence-corrected chi connectivity index (χ4v) is 2.60. The molecule has 5 heteroatoms.